The molecule has 5 rings (SSSR count). The van der Waals surface area contributed by atoms with Crippen LogP contribution < -0.4 is 5.19 Å². The molecule has 0 amide bonds. The smallest absolute Gasteiger partial charge is 0.243 e. The number of carbonyl (C=O) groups is 1. The number of hydrogen-bond donors (Lipinski definition) is 0. The van der Waals surface area contributed by atoms with E-state index >= 15 is 0 Å². The van der Waals surface area contributed by atoms with E-state index in [1.807, 2.05) is 32.0 Å². The first-order chi connectivity index (χ1) is 16.1. The van der Waals surface area contributed by atoms with Crippen molar-refractivity contribution in [2.75, 3.05) is 13.1 Å². The summed E-state index contributed by atoms with van der Waals surface area (Å²) in [7, 11) is -5.78. The SMILES string of the molecule is Cc1ccc(S(=O)(=O)N2CCC([Si](C)(C)c3ccccc3)=C3C(=C(C4CC4)C(=O)[C@H]3C)C2)cc1. The van der Waals surface area contributed by atoms with Crippen LogP contribution in [0.5, 0.6) is 0 Å². The van der Waals surface area contributed by atoms with Crippen LogP contribution in [-0.4, -0.2) is 39.7 Å². The fourth-order valence-electron chi connectivity index (χ4n) is 5.72. The van der Waals surface area contributed by atoms with Gasteiger partial charge >= 0.3 is 0 Å². The first kappa shape index (κ1) is 23.5. The molecule has 2 aromatic carbocycles. The van der Waals surface area contributed by atoms with Gasteiger partial charge in [0.1, 0.15) is 8.07 Å². The van der Waals surface area contributed by atoms with Crippen LogP contribution in [0.25, 0.3) is 0 Å². The molecule has 1 fully saturated rings. The van der Waals surface area contributed by atoms with E-state index < -0.39 is 18.1 Å². The first-order valence-corrected chi connectivity index (χ1v) is 16.7. The number of rotatable bonds is 5. The molecule has 178 valence electrons. The molecular formula is C28H33NO3SSi. The molecule has 0 radical (unpaired) electrons. The molecule has 0 N–H and O–H groups in total. The lowest BCUT2D eigenvalue weighted by molar-refractivity contribution is -0.117. The number of aryl methyl sites for hydroxylation is 1. The Morgan fingerprint density at radius 1 is 0.941 bits per heavy atom. The van der Waals surface area contributed by atoms with Crippen LogP contribution >= 0.6 is 0 Å². The second-order valence-corrected chi connectivity index (χ2v) is 16.9. The van der Waals surface area contributed by atoms with E-state index in [1.165, 1.54) is 10.4 Å². The second-order valence-electron chi connectivity index (χ2n) is 10.5. The number of ketones is 1. The molecule has 1 heterocycles. The first-order valence-electron chi connectivity index (χ1n) is 12.3. The molecule has 2 aromatic rings. The summed E-state index contributed by atoms with van der Waals surface area (Å²) < 4.78 is 29.1. The third-order valence-electron chi connectivity index (χ3n) is 7.91. The summed E-state index contributed by atoms with van der Waals surface area (Å²) in [5, 5.41) is 2.66. The van der Waals surface area contributed by atoms with Gasteiger partial charge < -0.3 is 0 Å². The van der Waals surface area contributed by atoms with Gasteiger partial charge in [0.15, 0.2) is 5.78 Å². The summed E-state index contributed by atoms with van der Waals surface area (Å²) in [6, 6.07) is 17.7. The zero-order valence-corrected chi connectivity index (χ0v) is 22.3. The molecule has 0 spiro atoms. The van der Waals surface area contributed by atoms with Crippen molar-refractivity contribution >= 4 is 29.1 Å². The highest BCUT2D eigenvalue weighted by atomic mass is 32.2. The standard InChI is InChI=1S/C28H33NO3SSi/c1-19-10-14-22(15-11-19)33(31,32)29-17-16-25(34(3,4)23-8-6-5-7-9-23)26-20(2)28(30)27(21-12-13-21)24(26)18-29/h5-11,14-15,20-21H,12-13,16-18H2,1-4H3/t20-/m0/s1. The second kappa shape index (κ2) is 8.43. The quantitative estimate of drug-likeness (QED) is 0.567. The average Bonchev–Trinajstić information content (AvgIpc) is 3.64. The highest BCUT2D eigenvalue weighted by Gasteiger charge is 2.47. The summed E-state index contributed by atoms with van der Waals surface area (Å²) >= 11 is 0. The Hall–Kier alpha value is -2.28. The van der Waals surface area contributed by atoms with Gasteiger partial charge in [-0.3, -0.25) is 4.79 Å². The van der Waals surface area contributed by atoms with Crippen molar-refractivity contribution in [2.45, 2.75) is 51.1 Å². The number of hydrogen-bond acceptors (Lipinski definition) is 3. The maximum atomic E-state index is 13.7. The number of nitrogens with zero attached hydrogens (tertiary/aromatic N) is 1. The Morgan fingerprint density at radius 3 is 2.21 bits per heavy atom. The molecule has 0 saturated heterocycles. The van der Waals surface area contributed by atoms with Gasteiger partial charge in [-0.15, -0.1) is 0 Å². The van der Waals surface area contributed by atoms with E-state index in [9.17, 15) is 13.2 Å². The molecule has 34 heavy (non-hydrogen) atoms. The van der Waals surface area contributed by atoms with Crippen LogP contribution in [0.3, 0.4) is 0 Å². The zero-order valence-electron chi connectivity index (χ0n) is 20.5. The van der Waals surface area contributed by atoms with Crippen molar-refractivity contribution in [3.8, 4) is 0 Å². The summed E-state index contributed by atoms with van der Waals surface area (Å²) in [5.41, 5.74) is 4.13. The third kappa shape index (κ3) is 3.86. The highest BCUT2D eigenvalue weighted by Crippen LogP contribution is 2.50. The lowest BCUT2D eigenvalue weighted by Gasteiger charge is -2.30. The monoisotopic (exact) mass is 491 g/mol. The molecule has 4 nitrogen and oxygen atoms in total. The zero-order chi connectivity index (χ0) is 24.3. The van der Waals surface area contributed by atoms with Crippen LogP contribution in [0.4, 0.5) is 0 Å². The molecular weight excluding hydrogens is 458 g/mol. The van der Waals surface area contributed by atoms with E-state index in [0.717, 1.165) is 35.1 Å². The van der Waals surface area contributed by atoms with Crippen molar-refractivity contribution < 1.29 is 13.2 Å². The van der Waals surface area contributed by atoms with Crippen molar-refractivity contribution in [1.29, 1.82) is 0 Å². The Labute approximate surface area is 204 Å². The summed E-state index contributed by atoms with van der Waals surface area (Å²) in [5.74, 6) is 0.336. The fraction of sp³-hybridized carbons (Fsp3) is 0.393. The van der Waals surface area contributed by atoms with Gasteiger partial charge in [-0.1, -0.05) is 78.4 Å². The molecule has 0 aromatic heterocycles. The average molecular weight is 492 g/mol. The van der Waals surface area contributed by atoms with Crippen molar-refractivity contribution in [2.24, 2.45) is 11.8 Å². The molecule has 0 unspecified atom stereocenters. The van der Waals surface area contributed by atoms with Crippen molar-refractivity contribution in [3.63, 3.8) is 0 Å². The van der Waals surface area contributed by atoms with Gasteiger partial charge in [0.05, 0.1) is 4.90 Å². The van der Waals surface area contributed by atoms with Gasteiger partial charge in [-0.2, -0.15) is 4.31 Å². The Bertz CT molecular complexity index is 1300. The van der Waals surface area contributed by atoms with Gasteiger partial charge in [0.2, 0.25) is 10.0 Å². The van der Waals surface area contributed by atoms with Gasteiger partial charge in [0.25, 0.3) is 0 Å². The largest absolute Gasteiger partial charge is 0.294 e. The van der Waals surface area contributed by atoms with Crippen molar-refractivity contribution in [3.05, 3.63) is 82.1 Å². The van der Waals surface area contributed by atoms with E-state index in [2.05, 4.69) is 37.4 Å². The fourth-order valence-corrected chi connectivity index (χ4v) is 10.3. The van der Waals surface area contributed by atoms with E-state index in [-0.39, 0.29) is 11.7 Å². The Morgan fingerprint density at radius 2 is 1.59 bits per heavy atom. The normalized spacial score (nSPS) is 22.2. The number of Topliss-reactive ketones (excluding diaryl/α,β-unsaturated/α-hetero) is 1. The lowest BCUT2D eigenvalue weighted by Crippen LogP contribution is -2.45. The van der Waals surface area contributed by atoms with Crippen LogP contribution in [0, 0.1) is 18.8 Å². The molecule has 1 atom stereocenters. The van der Waals surface area contributed by atoms with Crippen molar-refractivity contribution in [1.82, 2.24) is 4.31 Å². The Balaban J connectivity index is 1.65. The topological polar surface area (TPSA) is 54.5 Å². The van der Waals surface area contributed by atoms with Crippen LogP contribution in [0.15, 0.2) is 81.4 Å². The van der Waals surface area contributed by atoms with Gasteiger partial charge in [-0.05, 0) is 55.4 Å². The number of carbonyl (C=O) groups excluding carboxylic acids is 1. The predicted molar refractivity (Wildman–Crippen MR) is 139 cm³/mol. The van der Waals surface area contributed by atoms with Crippen LogP contribution in [0.1, 0.15) is 31.7 Å². The minimum Gasteiger partial charge on any atom is -0.294 e. The third-order valence-corrected chi connectivity index (χ3v) is 13.6. The van der Waals surface area contributed by atoms with E-state index in [0.29, 0.717) is 30.3 Å². The number of sulfonamides is 1. The maximum absolute atomic E-state index is 13.7. The minimum absolute atomic E-state index is 0.182. The van der Waals surface area contributed by atoms with E-state index in [4.69, 9.17) is 0 Å². The highest BCUT2D eigenvalue weighted by molar-refractivity contribution is 7.89. The van der Waals surface area contributed by atoms with Gasteiger partial charge in [-0.25, -0.2) is 8.42 Å². The molecule has 1 saturated carbocycles. The number of allylic oxidation sites excluding steroid dienone is 1. The maximum Gasteiger partial charge on any atom is 0.243 e. The molecule has 3 aliphatic rings. The number of benzene rings is 2. The van der Waals surface area contributed by atoms with Crippen LogP contribution in [-0.2, 0) is 14.8 Å². The van der Waals surface area contributed by atoms with Gasteiger partial charge in [0, 0.05) is 24.6 Å². The summed E-state index contributed by atoms with van der Waals surface area (Å²) in [6.07, 6.45) is 2.74. The minimum atomic E-state index is -3.66. The number of fused-ring (bicyclic) bond motifs is 1. The predicted octanol–water partition coefficient (Wildman–Crippen LogP) is 4.77. The lowest BCUT2D eigenvalue weighted by atomic mass is 9.98. The molecule has 6 heteroatoms. The summed E-state index contributed by atoms with van der Waals surface area (Å²) in [4.78, 5) is 13.8. The van der Waals surface area contributed by atoms with E-state index in [1.54, 1.807) is 16.4 Å². The Kier molecular flexibility index (Phi) is 5.82. The van der Waals surface area contributed by atoms with Crippen LogP contribution in [0.2, 0.25) is 13.1 Å². The molecule has 1 aliphatic heterocycles. The summed E-state index contributed by atoms with van der Waals surface area (Å²) in [6.45, 7) is 9.43. The molecule has 0 bridgehead atoms. The molecule has 2 aliphatic carbocycles.